The van der Waals surface area contributed by atoms with Crippen LogP contribution in [0.25, 0.3) is 0 Å². The molecule has 0 aliphatic heterocycles. The normalized spacial score (nSPS) is 11.8. The number of nitrogens with two attached hydrogens (primary N) is 1. The van der Waals surface area contributed by atoms with Crippen molar-refractivity contribution in [1.29, 1.82) is 0 Å². The Morgan fingerprint density at radius 1 is 1.35 bits per heavy atom. The Bertz CT molecular complexity index is 453. The highest BCUT2D eigenvalue weighted by atomic mass is 79.9. The van der Waals surface area contributed by atoms with Crippen LogP contribution in [0.4, 0.5) is 5.69 Å². The molecule has 0 saturated carbocycles. The van der Waals surface area contributed by atoms with Gasteiger partial charge >= 0.3 is 0 Å². The van der Waals surface area contributed by atoms with E-state index < -0.39 is 6.04 Å². The van der Waals surface area contributed by atoms with Crippen LogP contribution in [-0.4, -0.2) is 36.4 Å². The van der Waals surface area contributed by atoms with Crippen molar-refractivity contribution in [1.82, 2.24) is 5.32 Å². The Morgan fingerprint density at radius 2 is 2.00 bits per heavy atom. The fourth-order valence-electron chi connectivity index (χ4n) is 1.41. The van der Waals surface area contributed by atoms with Crippen LogP contribution in [0.5, 0.6) is 0 Å². The molecule has 2 amide bonds. The first-order chi connectivity index (χ1) is 9.52. The van der Waals surface area contributed by atoms with Crippen LogP contribution in [0.2, 0.25) is 0 Å². The molecule has 1 rings (SSSR count). The minimum absolute atomic E-state index is 0.0815. The molecule has 0 aliphatic rings. The topological polar surface area (TPSA) is 84.2 Å². The van der Waals surface area contributed by atoms with E-state index in [9.17, 15) is 9.59 Å². The van der Waals surface area contributed by atoms with Gasteiger partial charge in [-0.3, -0.25) is 9.59 Å². The minimum Gasteiger partial charge on any atom is -0.346 e. The van der Waals surface area contributed by atoms with E-state index in [4.69, 9.17) is 5.73 Å². The molecule has 0 unspecified atom stereocenters. The van der Waals surface area contributed by atoms with Gasteiger partial charge in [0.25, 0.3) is 0 Å². The molecule has 0 saturated heterocycles. The molecule has 0 radical (unpaired) electrons. The largest absolute Gasteiger partial charge is 0.346 e. The number of carbonyl (C=O) groups excluding carboxylic acids is 2. The van der Waals surface area contributed by atoms with E-state index in [0.29, 0.717) is 12.1 Å². The lowest BCUT2D eigenvalue weighted by atomic mass is 10.2. The number of nitrogens with one attached hydrogen (secondary N) is 2. The number of benzene rings is 1. The number of hydrogen-bond acceptors (Lipinski definition) is 4. The van der Waals surface area contributed by atoms with E-state index >= 15 is 0 Å². The molecule has 0 fully saturated rings. The van der Waals surface area contributed by atoms with E-state index in [-0.39, 0.29) is 18.4 Å². The summed E-state index contributed by atoms with van der Waals surface area (Å²) in [6.07, 6.45) is 2.55. The van der Waals surface area contributed by atoms with Gasteiger partial charge in [0.1, 0.15) is 0 Å². The van der Waals surface area contributed by atoms with Crippen molar-refractivity contribution in [3.8, 4) is 0 Å². The highest BCUT2D eigenvalue weighted by molar-refractivity contribution is 9.10. The Morgan fingerprint density at radius 3 is 2.60 bits per heavy atom. The molecule has 0 spiro atoms. The highest BCUT2D eigenvalue weighted by Gasteiger charge is 2.13. The predicted molar refractivity (Wildman–Crippen MR) is 86.8 cm³/mol. The van der Waals surface area contributed by atoms with Crippen molar-refractivity contribution in [2.24, 2.45) is 5.73 Å². The quantitative estimate of drug-likeness (QED) is 0.689. The molecule has 5 nitrogen and oxygen atoms in total. The average Bonchev–Trinajstić information content (AvgIpc) is 2.44. The molecule has 1 atom stereocenters. The molecule has 1 aromatic carbocycles. The van der Waals surface area contributed by atoms with Gasteiger partial charge in [-0.05, 0) is 42.7 Å². The second-order valence-electron chi connectivity index (χ2n) is 4.16. The van der Waals surface area contributed by atoms with Crippen LogP contribution in [0, 0.1) is 0 Å². The van der Waals surface area contributed by atoms with E-state index in [0.717, 1.165) is 10.2 Å². The fourth-order valence-corrected chi connectivity index (χ4v) is 2.17. The number of halogens is 1. The summed E-state index contributed by atoms with van der Waals surface area (Å²) in [7, 11) is 0. The van der Waals surface area contributed by atoms with Crippen molar-refractivity contribution < 1.29 is 9.59 Å². The zero-order valence-corrected chi connectivity index (χ0v) is 13.6. The van der Waals surface area contributed by atoms with Crippen LogP contribution >= 0.6 is 27.7 Å². The van der Waals surface area contributed by atoms with Crippen LogP contribution in [0.15, 0.2) is 28.7 Å². The van der Waals surface area contributed by atoms with Crippen LogP contribution in [0.3, 0.4) is 0 Å². The minimum atomic E-state index is -0.567. The molecular weight excluding hydrogens is 342 g/mol. The van der Waals surface area contributed by atoms with Crippen LogP contribution in [0.1, 0.15) is 6.42 Å². The fraction of sp³-hybridized carbons (Fsp3) is 0.385. The van der Waals surface area contributed by atoms with Gasteiger partial charge in [-0.25, -0.2) is 0 Å². The zero-order valence-electron chi connectivity index (χ0n) is 11.2. The summed E-state index contributed by atoms with van der Waals surface area (Å²) in [6.45, 7) is -0.0815. The van der Waals surface area contributed by atoms with Crippen LogP contribution < -0.4 is 16.4 Å². The lowest BCUT2D eigenvalue weighted by Crippen LogP contribution is -2.43. The third-order valence-electron chi connectivity index (χ3n) is 2.52. The summed E-state index contributed by atoms with van der Waals surface area (Å²) in [4.78, 5) is 23.3. The molecule has 110 valence electrons. The summed E-state index contributed by atoms with van der Waals surface area (Å²) in [5, 5.41) is 5.22. The maximum absolute atomic E-state index is 11.7. The third-order valence-corrected chi connectivity index (χ3v) is 3.69. The number of amides is 2. The average molecular weight is 360 g/mol. The van der Waals surface area contributed by atoms with E-state index in [1.54, 1.807) is 23.9 Å². The van der Waals surface area contributed by atoms with Gasteiger partial charge in [-0.15, -0.1) is 0 Å². The molecule has 20 heavy (non-hydrogen) atoms. The molecule has 4 N–H and O–H groups in total. The molecule has 0 heterocycles. The van der Waals surface area contributed by atoms with Gasteiger partial charge in [0.15, 0.2) is 0 Å². The SMILES string of the molecule is CSCC[C@H](N)C(=O)NCC(=O)Nc1ccc(Br)cc1. The summed E-state index contributed by atoms with van der Waals surface area (Å²) in [6, 6.07) is 6.63. The third kappa shape index (κ3) is 6.40. The number of rotatable bonds is 7. The summed E-state index contributed by atoms with van der Waals surface area (Å²) >= 11 is 4.94. The molecule has 7 heteroatoms. The predicted octanol–water partition coefficient (Wildman–Crippen LogP) is 1.58. The molecule has 0 aliphatic carbocycles. The van der Waals surface area contributed by atoms with E-state index in [2.05, 4.69) is 26.6 Å². The van der Waals surface area contributed by atoms with Gasteiger partial charge in [0.2, 0.25) is 11.8 Å². The summed E-state index contributed by atoms with van der Waals surface area (Å²) in [5.41, 5.74) is 6.38. The maximum atomic E-state index is 11.7. The zero-order chi connectivity index (χ0) is 15.0. The number of hydrogen-bond donors (Lipinski definition) is 3. The number of carbonyl (C=O) groups is 2. The Labute approximate surface area is 131 Å². The van der Waals surface area contributed by atoms with Crippen molar-refractivity contribution in [2.45, 2.75) is 12.5 Å². The van der Waals surface area contributed by atoms with E-state index in [1.807, 2.05) is 18.4 Å². The first-order valence-electron chi connectivity index (χ1n) is 6.10. The van der Waals surface area contributed by atoms with Gasteiger partial charge in [0, 0.05) is 10.2 Å². The number of anilines is 1. The van der Waals surface area contributed by atoms with Gasteiger partial charge in [-0.2, -0.15) is 11.8 Å². The van der Waals surface area contributed by atoms with Crippen LogP contribution in [-0.2, 0) is 9.59 Å². The van der Waals surface area contributed by atoms with E-state index in [1.165, 1.54) is 0 Å². The van der Waals surface area contributed by atoms with Gasteiger partial charge in [0.05, 0.1) is 12.6 Å². The summed E-state index contributed by atoms with van der Waals surface area (Å²) < 4.78 is 0.934. The molecule has 0 aromatic heterocycles. The number of thioether (sulfide) groups is 1. The highest BCUT2D eigenvalue weighted by Crippen LogP contribution is 2.13. The monoisotopic (exact) mass is 359 g/mol. The standard InChI is InChI=1S/C13H18BrN3O2S/c1-20-7-6-11(15)13(19)16-8-12(18)17-10-4-2-9(14)3-5-10/h2-5,11H,6-8,15H2,1H3,(H,16,19)(H,17,18)/t11-/m0/s1. The van der Waals surface area contributed by atoms with Crippen molar-refractivity contribution in [2.75, 3.05) is 23.9 Å². The van der Waals surface area contributed by atoms with Crippen molar-refractivity contribution >= 4 is 45.2 Å². The molecular formula is C13H18BrN3O2S. The van der Waals surface area contributed by atoms with Gasteiger partial charge in [-0.1, -0.05) is 15.9 Å². The first kappa shape index (κ1) is 17.0. The van der Waals surface area contributed by atoms with Gasteiger partial charge < -0.3 is 16.4 Å². The molecule has 0 bridgehead atoms. The smallest absolute Gasteiger partial charge is 0.243 e. The second-order valence-corrected chi connectivity index (χ2v) is 6.06. The van der Waals surface area contributed by atoms with Crippen molar-refractivity contribution in [3.63, 3.8) is 0 Å². The van der Waals surface area contributed by atoms with Crippen molar-refractivity contribution in [3.05, 3.63) is 28.7 Å². The first-order valence-corrected chi connectivity index (χ1v) is 8.29. The summed E-state index contributed by atoms with van der Waals surface area (Å²) in [5.74, 6) is 0.238. The lowest BCUT2D eigenvalue weighted by Gasteiger charge is -2.11. The Hall–Kier alpha value is -1.05. The second kappa shape index (κ2) is 8.99. The lowest BCUT2D eigenvalue weighted by molar-refractivity contribution is -0.125. The maximum Gasteiger partial charge on any atom is 0.243 e. The Balaban J connectivity index is 2.32. The Kier molecular flexibility index (Phi) is 7.64. The molecule has 1 aromatic rings.